The van der Waals surface area contributed by atoms with Gasteiger partial charge in [-0.2, -0.15) is 5.10 Å². The highest BCUT2D eigenvalue weighted by Gasteiger charge is 2.08. The third-order valence-corrected chi connectivity index (χ3v) is 3.13. The van der Waals surface area contributed by atoms with E-state index < -0.39 is 0 Å². The van der Waals surface area contributed by atoms with E-state index in [1.54, 1.807) is 29.2 Å². The number of aromatic nitrogens is 4. The van der Waals surface area contributed by atoms with Crippen LogP contribution in [0.1, 0.15) is 21.7 Å². The Balaban J connectivity index is 1.77. The smallest absolute Gasteiger partial charge is 0.255 e. The second-order valence-corrected chi connectivity index (χ2v) is 4.93. The van der Waals surface area contributed by atoms with Gasteiger partial charge >= 0.3 is 0 Å². The van der Waals surface area contributed by atoms with Crippen molar-refractivity contribution in [1.29, 1.82) is 0 Å². The summed E-state index contributed by atoms with van der Waals surface area (Å²) in [6, 6.07) is 11.0. The van der Waals surface area contributed by atoms with Crippen molar-refractivity contribution >= 4 is 11.6 Å². The van der Waals surface area contributed by atoms with Gasteiger partial charge in [0.2, 0.25) is 0 Å². The molecule has 0 aliphatic carbocycles. The van der Waals surface area contributed by atoms with E-state index in [2.05, 4.69) is 20.4 Å². The molecule has 1 N–H and O–H groups in total. The third-order valence-electron chi connectivity index (χ3n) is 3.13. The highest BCUT2D eigenvalue weighted by molar-refractivity contribution is 6.04. The predicted octanol–water partition coefficient (Wildman–Crippen LogP) is 2.53. The molecule has 0 aliphatic rings. The maximum atomic E-state index is 12.0. The van der Waals surface area contributed by atoms with Crippen LogP contribution in [0.25, 0.3) is 5.95 Å². The summed E-state index contributed by atoms with van der Waals surface area (Å²) in [5.74, 6) is 0.284. The molecule has 2 aromatic heterocycles. The van der Waals surface area contributed by atoms with Crippen LogP contribution < -0.4 is 5.32 Å². The largest absolute Gasteiger partial charge is 0.319 e. The van der Waals surface area contributed by atoms with Gasteiger partial charge in [0.05, 0.1) is 23.8 Å². The lowest BCUT2D eigenvalue weighted by atomic mass is 10.2. The summed E-state index contributed by atoms with van der Waals surface area (Å²) in [4.78, 5) is 20.5. The van der Waals surface area contributed by atoms with Crippen LogP contribution in [0.2, 0.25) is 0 Å². The van der Waals surface area contributed by atoms with Crippen LogP contribution in [-0.4, -0.2) is 25.7 Å². The molecule has 22 heavy (non-hydrogen) atoms. The first-order valence-corrected chi connectivity index (χ1v) is 6.85. The Morgan fingerprint density at radius 2 is 1.77 bits per heavy atom. The number of anilines is 1. The summed E-state index contributed by atoms with van der Waals surface area (Å²) in [5.41, 5.74) is 2.99. The third kappa shape index (κ3) is 2.85. The molecule has 6 heteroatoms. The SMILES string of the molecule is Cc1cc(C)n(-c2ncc(NC(=O)c3ccccc3)cn2)n1. The van der Waals surface area contributed by atoms with Crippen LogP contribution in [0.15, 0.2) is 48.8 Å². The van der Waals surface area contributed by atoms with E-state index in [0.29, 0.717) is 17.2 Å². The number of amides is 1. The number of hydrogen-bond donors (Lipinski definition) is 1. The van der Waals surface area contributed by atoms with Crippen molar-refractivity contribution in [3.8, 4) is 5.95 Å². The first-order valence-electron chi connectivity index (χ1n) is 6.85. The molecule has 3 aromatic rings. The number of carbonyl (C=O) groups is 1. The standard InChI is InChI=1S/C16H15N5O/c1-11-8-12(2)21(20-11)16-17-9-14(10-18-16)19-15(22)13-6-4-3-5-7-13/h3-10H,1-2H3,(H,19,22). The molecule has 2 heterocycles. The number of aryl methyl sites for hydroxylation is 2. The minimum absolute atomic E-state index is 0.192. The Morgan fingerprint density at radius 1 is 1.09 bits per heavy atom. The molecule has 110 valence electrons. The lowest BCUT2D eigenvalue weighted by molar-refractivity contribution is 0.102. The summed E-state index contributed by atoms with van der Waals surface area (Å²) >= 11 is 0. The van der Waals surface area contributed by atoms with E-state index in [1.807, 2.05) is 38.1 Å². The fourth-order valence-electron chi connectivity index (χ4n) is 2.12. The Hall–Kier alpha value is -3.02. The maximum Gasteiger partial charge on any atom is 0.255 e. The highest BCUT2D eigenvalue weighted by Crippen LogP contribution is 2.11. The van der Waals surface area contributed by atoms with Crippen LogP contribution >= 0.6 is 0 Å². The fourth-order valence-corrected chi connectivity index (χ4v) is 2.12. The first-order chi connectivity index (χ1) is 10.6. The zero-order valence-corrected chi connectivity index (χ0v) is 12.3. The van der Waals surface area contributed by atoms with E-state index in [9.17, 15) is 4.79 Å². The van der Waals surface area contributed by atoms with E-state index >= 15 is 0 Å². The van der Waals surface area contributed by atoms with Crippen molar-refractivity contribution in [1.82, 2.24) is 19.7 Å². The van der Waals surface area contributed by atoms with Gasteiger partial charge in [-0.15, -0.1) is 0 Å². The molecule has 0 atom stereocenters. The lowest BCUT2D eigenvalue weighted by Crippen LogP contribution is -2.13. The molecule has 6 nitrogen and oxygen atoms in total. The molecule has 0 saturated carbocycles. The molecule has 0 unspecified atom stereocenters. The molecule has 3 rings (SSSR count). The molecule has 0 bridgehead atoms. The van der Waals surface area contributed by atoms with E-state index in [1.165, 1.54) is 0 Å². The van der Waals surface area contributed by atoms with Gasteiger partial charge in [-0.25, -0.2) is 14.6 Å². The maximum absolute atomic E-state index is 12.0. The molecular weight excluding hydrogens is 278 g/mol. The van der Waals surface area contributed by atoms with Crippen LogP contribution in [0.4, 0.5) is 5.69 Å². The Labute approximate surface area is 127 Å². The zero-order chi connectivity index (χ0) is 15.5. The van der Waals surface area contributed by atoms with Crippen molar-refractivity contribution in [3.05, 3.63) is 65.7 Å². The van der Waals surface area contributed by atoms with Gasteiger partial charge in [0, 0.05) is 11.3 Å². The van der Waals surface area contributed by atoms with Gasteiger partial charge in [0.1, 0.15) is 0 Å². The normalized spacial score (nSPS) is 10.5. The number of benzene rings is 1. The summed E-state index contributed by atoms with van der Waals surface area (Å²) in [6.45, 7) is 3.85. The summed E-state index contributed by atoms with van der Waals surface area (Å²) in [7, 11) is 0. The quantitative estimate of drug-likeness (QED) is 0.805. The molecule has 0 fully saturated rings. The first kappa shape index (κ1) is 13.9. The van der Waals surface area contributed by atoms with E-state index in [0.717, 1.165) is 11.4 Å². The van der Waals surface area contributed by atoms with Crippen LogP contribution in [0.3, 0.4) is 0 Å². The van der Waals surface area contributed by atoms with Crippen molar-refractivity contribution in [2.45, 2.75) is 13.8 Å². The van der Waals surface area contributed by atoms with Gasteiger partial charge in [-0.3, -0.25) is 4.79 Å². The topological polar surface area (TPSA) is 72.7 Å². The van der Waals surface area contributed by atoms with Crippen LogP contribution in [-0.2, 0) is 0 Å². The average molecular weight is 293 g/mol. The molecule has 0 aliphatic heterocycles. The van der Waals surface area contributed by atoms with Crippen molar-refractivity contribution in [2.24, 2.45) is 0 Å². The average Bonchev–Trinajstić information content (AvgIpc) is 2.87. The molecule has 0 spiro atoms. The monoisotopic (exact) mass is 293 g/mol. The number of nitrogens with one attached hydrogen (secondary N) is 1. The zero-order valence-electron chi connectivity index (χ0n) is 12.3. The lowest BCUT2D eigenvalue weighted by Gasteiger charge is -2.06. The molecular formula is C16H15N5O. The molecule has 1 amide bonds. The van der Waals surface area contributed by atoms with E-state index in [-0.39, 0.29) is 5.91 Å². The van der Waals surface area contributed by atoms with Gasteiger partial charge in [-0.1, -0.05) is 18.2 Å². The van der Waals surface area contributed by atoms with Crippen molar-refractivity contribution in [3.63, 3.8) is 0 Å². The molecule has 1 aromatic carbocycles. The van der Waals surface area contributed by atoms with Crippen molar-refractivity contribution in [2.75, 3.05) is 5.32 Å². The molecule has 0 saturated heterocycles. The molecule has 0 radical (unpaired) electrons. The van der Waals surface area contributed by atoms with Crippen LogP contribution in [0, 0.1) is 13.8 Å². The number of carbonyl (C=O) groups excluding carboxylic acids is 1. The number of nitrogens with zero attached hydrogens (tertiary/aromatic N) is 4. The van der Waals surface area contributed by atoms with Gasteiger partial charge in [0.25, 0.3) is 11.9 Å². The Morgan fingerprint density at radius 3 is 2.36 bits per heavy atom. The number of rotatable bonds is 3. The Bertz CT molecular complexity index is 793. The fraction of sp³-hybridized carbons (Fsp3) is 0.125. The summed E-state index contributed by atoms with van der Waals surface area (Å²) < 4.78 is 1.66. The Kier molecular flexibility index (Phi) is 3.65. The second-order valence-electron chi connectivity index (χ2n) is 4.93. The summed E-state index contributed by atoms with van der Waals surface area (Å²) in [6.07, 6.45) is 3.14. The van der Waals surface area contributed by atoms with E-state index in [4.69, 9.17) is 0 Å². The summed E-state index contributed by atoms with van der Waals surface area (Å²) in [5, 5.41) is 7.09. The van der Waals surface area contributed by atoms with Gasteiger partial charge in [-0.05, 0) is 32.0 Å². The van der Waals surface area contributed by atoms with Crippen LogP contribution in [0.5, 0.6) is 0 Å². The van der Waals surface area contributed by atoms with Gasteiger partial charge in [0.15, 0.2) is 0 Å². The van der Waals surface area contributed by atoms with Gasteiger partial charge < -0.3 is 5.32 Å². The highest BCUT2D eigenvalue weighted by atomic mass is 16.1. The van der Waals surface area contributed by atoms with Crippen molar-refractivity contribution < 1.29 is 4.79 Å². The minimum Gasteiger partial charge on any atom is -0.319 e. The second kappa shape index (κ2) is 5.77. The predicted molar refractivity (Wildman–Crippen MR) is 83.0 cm³/mol. The minimum atomic E-state index is -0.192. The number of hydrogen-bond acceptors (Lipinski definition) is 4.